The number of thioether (sulfide) groups is 1. The number of halogens is 2. The molecule has 1 N–H and O–H groups in total. The van der Waals surface area contributed by atoms with Crippen LogP contribution >= 0.6 is 39.3 Å². The number of hydrogen-bond acceptors (Lipinski definition) is 5. The molecule has 0 fully saturated rings. The number of para-hydroxylation sites is 1. The van der Waals surface area contributed by atoms with E-state index in [1.807, 2.05) is 78.3 Å². The Hall–Kier alpha value is -3.20. The van der Waals surface area contributed by atoms with Crippen LogP contribution in [0.2, 0.25) is 5.02 Å². The van der Waals surface area contributed by atoms with Gasteiger partial charge in [0.25, 0.3) is 0 Å². The van der Waals surface area contributed by atoms with E-state index in [0.717, 1.165) is 32.2 Å². The van der Waals surface area contributed by atoms with Gasteiger partial charge in [-0.15, -0.1) is 10.2 Å². The van der Waals surface area contributed by atoms with Gasteiger partial charge in [0.15, 0.2) is 11.0 Å². The molecule has 0 aliphatic carbocycles. The number of nitrogens with zero attached hydrogens (tertiary/aromatic N) is 4. The van der Waals surface area contributed by atoms with Crippen molar-refractivity contribution in [3.63, 3.8) is 0 Å². The Morgan fingerprint density at radius 3 is 2.60 bits per heavy atom. The molecule has 3 aromatic carbocycles. The second-order valence-electron chi connectivity index (χ2n) is 7.76. The Balaban J connectivity index is 1.41. The highest BCUT2D eigenvalue weighted by Crippen LogP contribution is 2.32. The Morgan fingerprint density at radius 1 is 1.03 bits per heavy atom. The van der Waals surface area contributed by atoms with Gasteiger partial charge >= 0.3 is 0 Å². The topological polar surface area (TPSA) is 72.7 Å². The molecule has 0 saturated heterocycles. The van der Waals surface area contributed by atoms with Crippen molar-refractivity contribution < 1.29 is 4.79 Å². The molecule has 0 atom stereocenters. The van der Waals surface area contributed by atoms with Crippen molar-refractivity contribution in [2.24, 2.45) is 7.05 Å². The molecule has 2 heterocycles. The summed E-state index contributed by atoms with van der Waals surface area (Å²) in [6.45, 7) is 0. The molecule has 2 aromatic heterocycles. The molecule has 0 aliphatic rings. The molecule has 0 spiro atoms. The molecule has 6 nitrogen and oxygen atoms in total. The molecule has 174 valence electrons. The summed E-state index contributed by atoms with van der Waals surface area (Å²) in [4.78, 5) is 17.4. The standard InChI is InChI=1S/C26H19BrClN5OS/c1-33-25(31-32-26(33)35-15-24(34)30-22-12-11-17(27)13-20(22)28)19-14-23(16-7-3-2-4-8-16)29-21-10-6-5-9-18(19)21/h2-14H,15H2,1H3,(H,30,34). The van der Waals surface area contributed by atoms with E-state index in [9.17, 15) is 4.79 Å². The lowest BCUT2D eigenvalue weighted by Gasteiger charge is -2.10. The Labute approximate surface area is 219 Å². The van der Waals surface area contributed by atoms with Crippen molar-refractivity contribution in [3.05, 3.63) is 88.4 Å². The van der Waals surface area contributed by atoms with E-state index in [1.54, 1.807) is 12.1 Å². The van der Waals surface area contributed by atoms with Crippen LogP contribution in [-0.2, 0) is 11.8 Å². The number of nitrogens with one attached hydrogen (secondary N) is 1. The number of carbonyl (C=O) groups is 1. The first-order valence-electron chi connectivity index (χ1n) is 10.7. The second kappa shape index (κ2) is 10.2. The maximum atomic E-state index is 12.5. The molecule has 35 heavy (non-hydrogen) atoms. The summed E-state index contributed by atoms with van der Waals surface area (Å²) in [7, 11) is 1.90. The lowest BCUT2D eigenvalue weighted by atomic mass is 10.0. The number of anilines is 1. The van der Waals surface area contributed by atoms with E-state index in [1.165, 1.54) is 11.8 Å². The van der Waals surface area contributed by atoms with Gasteiger partial charge in [-0.25, -0.2) is 4.98 Å². The van der Waals surface area contributed by atoms with Crippen molar-refractivity contribution in [2.75, 3.05) is 11.1 Å². The van der Waals surface area contributed by atoms with Gasteiger partial charge in [0.05, 0.1) is 27.7 Å². The zero-order valence-corrected chi connectivity index (χ0v) is 21.7. The predicted molar refractivity (Wildman–Crippen MR) is 146 cm³/mol. The summed E-state index contributed by atoms with van der Waals surface area (Å²) >= 11 is 10.9. The fourth-order valence-electron chi connectivity index (χ4n) is 3.70. The van der Waals surface area contributed by atoms with Crippen LogP contribution in [0, 0.1) is 0 Å². The molecule has 0 bridgehead atoms. The quantitative estimate of drug-likeness (QED) is 0.229. The van der Waals surface area contributed by atoms with Crippen LogP contribution in [0.15, 0.2) is 88.5 Å². The third-order valence-electron chi connectivity index (χ3n) is 5.40. The predicted octanol–water partition coefficient (Wildman–Crippen LogP) is 6.84. The van der Waals surface area contributed by atoms with Crippen LogP contribution in [0.3, 0.4) is 0 Å². The van der Waals surface area contributed by atoms with E-state index in [-0.39, 0.29) is 11.7 Å². The molecule has 5 rings (SSSR count). The molecule has 0 radical (unpaired) electrons. The number of hydrogen-bond donors (Lipinski definition) is 1. The minimum Gasteiger partial charge on any atom is -0.324 e. The lowest BCUT2D eigenvalue weighted by Crippen LogP contribution is -2.14. The second-order valence-corrected chi connectivity index (χ2v) is 10.0. The van der Waals surface area contributed by atoms with Gasteiger partial charge in [-0.1, -0.05) is 87.8 Å². The molecular weight excluding hydrogens is 546 g/mol. The molecule has 1 amide bonds. The maximum Gasteiger partial charge on any atom is 0.234 e. The average Bonchev–Trinajstić information content (AvgIpc) is 3.24. The molecular formula is C26H19BrClN5OS. The Bertz CT molecular complexity index is 1540. The molecule has 9 heteroatoms. The van der Waals surface area contributed by atoms with Gasteiger partial charge in [-0.2, -0.15) is 0 Å². The van der Waals surface area contributed by atoms with E-state index in [0.29, 0.717) is 21.7 Å². The smallest absolute Gasteiger partial charge is 0.234 e. The minimum atomic E-state index is -0.176. The van der Waals surface area contributed by atoms with Crippen molar-refractivity contribution in [1.29, 1.82) is 0 Å². The third kappa shape index (κ3) is 5.10. The monoisotopic (exact) mass is 563 g/mol. The summed E-state index contributed by atoms with van der Waals surface area (Å²) in [5.41, 5.74) is 4.27. The number of benzene rings is 3. The summed E-state index contributed by atoms with van der Waals surface area (Å²) in [6, 6.07) is 25.4. The van der Waals surface area contributed by atoms with Crippen molar-refractivity contribution in [3.8, 4) is 22.6 Å². The van der Waals surface area contributed by atoms with Crippen LogP contribution < -0.4 is 5.32 Å². The first kappa shape index (κ1) is 23.5. The first-order chi connectivity index (χ1) is 17.0. The summed E-state index contributed by atoms with van der Waals surface area (Å²) < 4.78 is 2.75. The normalized spacial score (nSPS) is 11.1. The fraction of sp³-hybridized carbons (Fsp3) is 0.0769. The van der Waals surface area contributed by atoms with Gasteiger partial charge in [0, 0.05) is 28.0 Å². The van der Waals surface area contributed by atoms with Crippen LogP contribution in [0.1, 0.15) is 0 Å². The number of rotatable bonds is 6. The van der Waals surface area contributed by atoms with Gasteiger partial charge < -0.3 is 9.88 Å². The molecule has 0 aliphatic heterocycles. The SMILES string of the molecule is Cn1c(SCC(=O)Nc2ccc(Br)cc2Cl)nnc1-c1cc(-c2ccccc2)nc2ccccc12. The molecule has 0 unspecified atom stereocenters. The highest BCUT2D eigenvalue weighted by molar-refractivity contribution is 9.10. The Morgan fingerprint density at radius 2 is 1.80 bits per heavy atom. The number of aromatic nitrogens is 4. The van der Waals surface area contributed by atoms with E-state index < -0.39 is 0 Å². The lowest BCUT2D eigenvalue weighted by molar-refractivity contribution is -0.113. The van der Waals surface area contributed by atoms with E-state index in [4.69, 9.17) is 16.6 Å². The van der Waals surface area contributed by atoms with Crippen LogP contribution in [-0.4, -0.2) is 31.4 Å². The van der Waals surface area contributed by atoms with Gasteiger partial charge in [-0.3, -0.25) is 4.79 Å². The number of carbonyl (C=O) groups excluding carboxylic acids is 1. The number of fused-ring (bicyclic) bond motifs is 1. The van der Waals surface area contributed by atoms with Crippen molar-refractivity contribution >= 4 is 61.8 Å². The first-order valence-corrected chi connectivity index (χ1v) is 12.9. The fourth-order valence-corrected chi connectivity index (χ4v) is 5.13. The van der Waals surface area contributed by atoms with Crippen LogP contribution in [0.4, 0.5) is 5.69 Å². The number of pyridine rings is 1. The molecule has 0 saturated carbocycles. The highest BCUT2D eigenvalue weighted by Gasteiger charge is 2.17. The van der Waals surface area contributed by atoms with Gasteiger partial charge in [0.2, 0.25) is 5.91 Å². The highest BCUT2D eigenvalue weighted by atomic mass is 79.9. The van der Waals surface area contributed by atoms with Crippen molar-refractivity contribution in [1.82, 2.24) is 19.7 Å². The summed E-state index contributed by atoms with van der Waals surface area (Å²) in [6.07, 6.45) is 0. The minimum absolute atomic E-state index is 0.171. The maximum absolute atomic E-state index is 12.5. The largest absolute Gasteiger partial charge is 0.324 e. The van der Waals surface area contributed by atoms with E-state index >= 15 is 0 Å². The zero-order valence-electron chi connectivity index (χ0n) is 18.6. The molecule has 5 aromatic rings. The van der Waals surface area contributed by atoms with Gasteiger partial charge in [-0.05, 0) is 30.3 Å². The van der Waals surface area contributed by atoms with Crippen LogP contribution in [0.25, 0.3) is 33.5 Å². The average molecular weight is 565 g/mol. The third-order valence-corrected chi connectivity index (χ3v) is 7.23. The Kier molecular flexibility index (Phi) is 6.86. The number of amides is 1. The summed E-state index contributed by atoms with van der Waals surface area (Å²) in [5.74, 6) is 0.703. The van der Waals surface area contributed by atoms with E-state index in [2.05, 4.69) is 31.4 Å². The van der Waals surface area contributed by atoms with Crippen LogP contribution in [0.5, 0.6) is 0 Å². The van der Waals surface area contributed by atoms with Gasteiger partial charge in [0.1, 0.15) is 0 Å². The van der Waals surface area contributed by atoms with Crippen molar-refractivity contribution in [2.45, 2.75) is 5.16 Å². The zero-order chi connectivity index (χ0) is 24.4. The summed E-state index contributed by atoms with van der Waals surface area (Å²) in [5, 5.41) is 13.7.